The molecule has 4 rings (SSSR count). The number of carbonyl (C=O) groups excluding carboxylic acids is 1. The van der Waals surface area contributed by atoms with Gasteiger partial charge in [-0.2, -0.15) is 5.10 Å². The second-order valence-electron chi connectivity index (χ2n) is 5.69. The first kappa shape index (κ1) is 14.5. The van der Waals surface area contributed by atoms with Crippen molar-refractivity contribution in [3.63, 3.8) is 0 Å². The van der Waals surface area contributed by atoms with Crippen LogP contribution < -0.4 is 4.90 Å². The van der Waals surface area contributed by atoms with E-state index in [1.807, 2.05) is 6.07 Å². The molecule has 0 aliphatic carbocycles. The predicted molar refractivity (Wildman–Crippen MR) is 85.5 cm³/mol. The molecule has 7 heteroatoms. The van der Waals surface area contributed by atoms with Crippen molar-refractivity contribution >= 4 is 11.6 Å². The monoisotopic (exact) mass is 323 g/mol. The number of pyridine rings is 1. The molecule has 0 fully saturated rings. The van der Waals surface area contributed by atoms with E-state index in [9.17, 15) is 9.18 Å². The number of rotatable bonds is 3. The standard InChI is InChI=1S/C17H14FN5O/c1-22-10-20-16(21-22)9-23-15-6-12(8-19-14(15)7-17(23)24)11-2-4-13(18)5-3-11/h2-6,8,10H,7,9H2,1H3. The highest BCUT2D eigenvalue weighted by Gasteiger charge is 2.29. The number of aromatic nitrogens is 4. The SMILES string of the molecule is Cn1cnc(CN2C(=O)Cc3ncc(-c4ccc(F)cc4)cc32)n1. The summed E-state index contributed by atoms with van der Waals surface area (Å²) in [6.07, 6.45) is 3.58. The summed E-state index contributed by atoms with van der Waals surface area (Å²) in [6, 6.07) is 8.11. The molecule has 0 saturated carbocycles. The lowest BCUT2D eigenvalue weighted by Gasteiger charge is -2.16. The van der Waals surface area contributed by atoms with Crippen LogP contribution in [0.1, 0.15) is 11.5 Å². The molecule has 24 heavy (non-hydrogen) atoms. The van der Waals surface area contributed by atoms with Gasteiger partial charge < -0.3 is 4.90 Å². The van der Waals surface area contributed by atoms with Crippen molar-refractivity contribution < 1.29 is 9.18 Å². The summed E-state index contributed by atoms with van der Waals surface area (Å²) >= 11 is 0. The molecule has 0 atom stereocenters. The van der Waals surface area contributed by atoms with Crippen molar-refractivity contribution in [1.82, 2.24) is 19.7 Å². The van der Waals surface area contributed by atoms with E-state index < -0.39 is 0 Å². The normalized spacial score (nSPS) is 13.4. The number of aryl methyl sites for hydroxylation is 1. The van der Waals surface area contributed by atoms with Gasteiger partial charge in [0.25, 0.3) is 0 Å². The summed E-state index contributed by atoms with van der Waals surface area (Å²) in [5.41, 5.74) is 3.18. The molecule has 1 amide bonds. The minimum atomic E-state index is -0.286. The van der Waals surface area contributed by atoms with Gasteiger partial charge in [0, 0.05) is 18.8 Å². The van der Waals surface area contributed by atoms with Crippen molar-refractivity contribution in [2.24, 2.45) is 7.05 Å². The van der Waals surface area contributed by atoms with Gasteiger partial charge in [0.2, 0.25) is 5.91 Å². The number of hydrogen-bond acceptors (Lipinski definition) is 4. The van der Waals surface area contributed by atoms with Gasteiger partial charge in [0.1, 0.15) is 12.1 Å². The smallest absolute Gasteiger partial charge is 0.233 e. The summed E-state index contributed by atoms with van der Waals surface area (Å²) in [4.78, 5) is 22.5. The molecular formula is C17H14FN5O. The molecule has 2 aromatic heterocycles. The Labute approximate surface area is 137 Å². The van der Waals surface area contributed by atoms with Crippen molar-refractivity contribution in [3.05, 3.63) is 60.2 Å². The van der Waals surface area contributed by atoms with Crippen LogP contribution in [0.2, 0.25) is 0 Å². The van der Waals surface area contributed by atoms with Crippen LogP contribution in [-0.2, 0) is 24.8 Å². The van der Waals surface area contributed by atoms with Crippen LogP contribution in [0.3, 0.4) is 0 Å². The quantitative estimate of drug-likeness (QED) is 0.740. The number of amides is 1. The van der Waals surface area contributed by atoms with Gasteiger partial charge in [-0.05, 0) is 23.8 Å². The number of benzene rings is 1. The molecule has 6 nitrogen and oxygen atoms in total. The van der Waals surface area contributed by atoms with Crippen LogP contribution in [0.4, 0.5) is 10.1 Å². The third kappa shape index (κ3) is 2.54. The summed E-state index contributed by atoms with van der Waals surface area (Å²) < 4.78 is 14.7. The first-order chi connectivity index (χ1) is 11.6. The summed E-state index contributed by atoms with van der Waals surface area (Å²) in [5, 5.41) is 4.22. The van der Waals surface area contributed by atoms with Crippen molar-refractivity contribution in [2.75, 3.05) is 4.90 Å². The van der Waals surface area contributed by atoms with E-state index in [0.29, 0.717) is 12.4 Å². The molecule has 1 aliphatic heterocycles. The zero-order valence-corrected chi connectivity index (χ0v) is 13.0. The van der Waals surface area contributed by atoms with Gasteiger partial charge in [-0.15, -0.1) is 0 Å². The largest absolute Gasteiger partial charge is 0.303 e. The van der Waals surface area contributed by atoms with E-state index in [1.54, 1.807) is 41.3 Å². The molecule has 0 radical (unpaired) electrons. The zero-order valence-electron chi connectivity index (χ0n) is 13.0. The Morgan fingerprint density at radius 1 is 1.17 bits per heavy atom. The van der Waals surface area contributed by atoms with Gasteiger partial charge in [0.05, 0.1) is 24.3 Å². The molecule has 0 unspecified atom stereocenters. The molecule has 0 N–H and O–H groups in total. The Morgan fingerprint density at radius 2 is 1.96 bits per heavy atom. The zero-order chi connectivity index (χ0) is 16.7. The van der Waals surface area contributed by atoms with Gasteiger partial charge in [-0.1, -0.05) is 12.1 Å². The van der Waals surface area contributed by atoms with Crippen molar-refractivity contribution in [3.8, 4) is 11.1 Å². The van der Waals surface area contributed by atoms with E-state index in [2.05, 4.69) is 15.1 Å². The highest BCUT2D eigenvalue weighted by atomic mass is 19.1. The first-order valence-corrected chi connectivity index (χ1v) is 7.50. The number of fused-ring (bicyclic) bond motifs is 1. The van der Waals surface area contributed by atoms with Crippen molar-refractivity contribution in [2.45, 2.75) is 13.0 Å². The van der Waals surface area contributed by atoms with Gasteiger partial charge in [0.15, 0.2) is 5.82 Å². The Hall–Kier alpha value is -3.09. The molecule has 1 aromatic carbocycles. The highest BCUT2D eigenvalue weighted by molar-refractivity contribution is 6.01. The van der Waals surface area contributed by atoms with Crippen LogP contribution in [-0.4, -0.2) is 25.7 Å². The lowest BCUT2D eigenvalue weighted by Crippen LogP contribution is -2.26. The molecule has 0 bridgehead atoms. The van der Waals surface area contributed by atoms with Gasteiger partial charge in [-0.25, -0.2) is 9.37 Å². The van der Waals surface area contributed by atoms with Crippen LogP contribution in [0.25, 0.3) is 11.1 Å². The van der Waals surface area contributed by atoms with Crippen LogP contribution in [0.15, 0.2) is 42.9 Å². The van der Waals surface area contributed by atoms with E-state index in [4.69, 9.17) is 0 Å². The average molecular weight is 323 g/mol. The number of hydrogen-bond donors (Lipinski definition) is 0. The Morgan fingerprint density at radius 3 is 2.67 bits per heavy atom. The summed E-state index contributed by atoms with van der Waals surface area (Å²) in [6.45, 7) is 0.307. The molecule has 0 saturated heterocycles. The number of halogens is 1. The summed E-state index contributed by atoms with van der Waals surface area (Å²) in [7, 11) is 1.78. The molecule has 3 aromatic rings. The fourth-order valence-corrected chi connectivity index (χ4v) is 2.80. The topological polar surface area (TPSA) is 63.9 Å². The van der Waals surface area contributed by atoms with E-state index in [0.717, 1.165) is 22.5 Å². The van der Waals surface area contributed by atoms with E-state index in [1.165, 1.54) is 12.1 Å². The Balaban J connectivity index is 1.69. The average Bonchev–Trinajstić information content (AvgIpc) is 3.12. The molecular weight excluding hydrogens is 309 g/mol. The maximum atomic E-state index is 13.1. The molecule has 0 spiro atoms. The number of anilines is 1. The Kier molecular flexibility index (Phi) is 3.34. The minimum Gasteiger partial charge on any atom is -0.303 e. The van der Waals surface area contributed by atoms with Crippen LogP contribution in [0, 0.1) is 5.82 Å². The van der Waals surface area contributed by atoms with Gasteiger partial charge >= 0.3 is 0 Å². The maximum Gasteiger partial charge on any atom is 0.233 e. The lowest BCUT2D eigenvalue weighted by molar-refractivity contribution is -0.117. The fourth-order valence-electron chi connectivity index (χ4n) is 2.80. The second-order valence-corrected chi connectivity index (χ2v) is 5.69. The molecule has 3 heterocycles. The maximum absolute atomic E-state index is 13.1. The van der Waals surface area contributed by atoms with Crippen LogP contribution >= 0.6 is 0 Å². The fraction of sp³-hybridized carbons (Fsp3) is 0.176. The Bertz CT molecular complexity index is 919. The third-order valence-corrected chi connectivity index (χ3v) is 3.98. The van der Waals surface area contributed by atoms with E-state index >= 15 is 0 Å². The van der Waals surface area contributed by atoms with Crippen molar-refractivity contribution in [1.29, 1.82) is 0 Å². The van der Waals surface area contributed by atoms with Crippen LogP contribution in [0.5, 0.6) is 0 Å². The first-order valence-electron chi connectivity index (χ1n) is 7.50. The van der Waals surface area contributed by atoms with Gasteiger partial charge in [-0.3, -0.25) is 14.5 Å². The predicted octanol–water partition coefficient (Wildman–Crippen LogP) is 2.11. The molecule has 120 valence electrons. The second kappa shape index (κ2) is 5.52. The number of nitrogens with zero attached hydrogens (tertiary/aromatic N) is 5. The highest BCUT2D eigenvalue weighted by Crippen LogP contribution is 2.32. The van der Waals surface area contributed by atoms with E-state index in [-0.39, 0.29) is 18.1 Å². The molecule has 1 aliphatic rings. The number of carbonyl (C=O) groups is 1. The summed E-state index contributed by atoms with van der Waals surface area (Å²) in [5.74, 6) is 0.262. The third-order valence-electron chi connectivity index (χ3n) is 3.98. The lowest BCUT2D eigenvalue weighted by atomic mass is 10.1. The minimum absolute atomic E-state index is 0.0267.